The van der Waals surface area contributed by atoms with Crippen LogP contribution in [-0.2, 0) is 5.54 Å². The number of alkyl halides is 3. The number of hydrazone groups is 1. The lowest BCUT2D eigenvalue weighted by atomic mass is 9.93. The number of anilines is 3. The van der Waals surface area contributed by atoms with Crippen LogP contribution in [0.2, 0.25) is 0 Å². The molecule has 0 saturated carbocycles. The van der Waals surface area contributed by atoms with Crippen molar-refractivity contribution >= 4 is 40.2 Å². The summed E-state index contributed by atoms with van der Waals surface area (Å²) in [7, 11) is 1.56. The number of nitrogens with two attached hydrogens (primary N) is 3. The minimum absolute atomic E-state index is 0.140. The Hall–Kier alpha value is -3.80. The van der Waals surface area contributed by atoms with Crippen molar-refractivity contribution in [2.24, 2.45) is 21.7 Å². The highest BCUT2D eigenvalue weighted by molar-refractivity contribution is 6.38. The summed E-state index contributed by atoms with van der Waals surface area (Å²) in [5, 5.41) is 7.59. The van der Waals surface area contributed by atoms with E-state index < -0.39 is 11.7 Å². The Morgan fingerprint density at radius 1 is 1.16 bits per heavy atom. The van der Waals surface area contributed by atoms with Crippen LogP contribution in [0.1, 0.15) is 18.2 Å². The van der Waals surface area contributed by atoms with Crippen molar-refractivity contribution in [3.05, 3.63) is 47.9 Å². The SMILES string of the molecule is CN=C(C=NN)c1cc2cc(Nc3cc([C@](C)(N)C(F)(F)F)ccn3)ncc2c(N)n1. The minimum Gasteiger partial charge on any atom is -0.383 e. The van der Waals surface area contributed by atoms with Gasteiger partial charge in [-0.3, -0.25) is 4.99 Å². The van der Waals surface area contributed by atoms with E-state index in [0.717, 1.165) is 6.92 Å². The van der Waals surface area contributed by atoms with Gasteiger partial charge < -0.3 is 22.6 Å². The molecule has 0 bridgehead atoms. The number of hydrogen-bond donors (Lipinski definition) is 4. The number of hydrogen-bond acceptors (Lipinski definition) is 9. The summed E-state index contributed by atoms with van der Waals surface area (Å²) in [6, 6.07) is 5.82. The van der Waals surface area contributed by atoms with Crippen molar-refractivity contribution in [2.45, 2.75) is 18.6 Å². The molecule has 12 heteroatoms. The highest BCUT2D eigenvalue weighted by Crippen LogP contribution is 2.37. The first-order valence-electron chi connectivity index (χ1n) is 8.92. The summed E-state index contributed by atoms with van der Waals surface area (Å²) in [6.45, 7) is 0.898. The maximum atomic E-state index is 13.3. The molecule has 7 N–H and O–H groups in total. The normalized spacial score (nSPS) is 14.7. The van der Waals surface area contributed by atoms with Gasteiger partial charge in [-0.25, -0.2) is 15.0 Å². The van der Waals surface area contributed by atoms with E-state index in [9.17, 15) is 13.2 Å². The fraction of sp³-hybridized carbons (Fsp3) is 0.211. The number of halogens is 3. The van der Waals surface area contributed by atoms with Crippen LogP contribution in [0.5, 0.6) is 0 Å². The Labute approximate surface area is 175 Å². The van der Waals surface area contributed by atoms with Crippen LogP contribution in [0.3, 0.4) is 0 Å². The predicted molar refractivity (Wildman–Crippen MR) is 114 cm³/mol. The average Bonchev–Trinajstić information content (AvgIpc) is 2.71. The van der Waals surface area contributed by atoms with Gasteiger partial charge in [0.25, 0.3) is 0 Å². The van der Waals surface area contributed by atoms with Gasteiger partial charge in [-0.05, 0) is 42.1 Å². The molecule has 0 aliphatic heterocycles. The van der Waals surface area contributed by atoms with Gasteiger partial charge in [-0.1, -0.05) is 0 Å². The summed E-state index contributed by atoms with van der Waals surface area (Å²) in [5.41, 5.74) is 9.73. The number of nitrogen functional groups attached to an aromatic ring is 1. The summed E-state index contributed by atoms with van der Waals surface area (Å²) < 4.78 is 39.8. The zero-order chi connectivity index (χ0) is 22.8. The van der Waals surface area contributed by atoms with E-state index in [2.05, 4.69) is 30.4 Å². The zero-order valence-electron chi connectivity index (χ0n) is 16.6. The molecule has 9 nitrogen and oxygen atoms in total. The molecule has 0 radical (unpaired) electrons. The smallest absolute Gasteiger partial charge is 0.383 e. The van der Waals surface area contributed by atoms with Crippen molar-refractivity contribution in [3.8, 4) is 0 Å². The standard InChI is InChI=1S/C19H20F3N9/c1-18(24,19(20,21)22)11-3-4-27-16(7-11)31-15-6-10-5-13(14(26-2)9-29-25)30-17(23)12(10)8-28-15/h3-9H,24-25H2,1-2H3,(H2,23,30)(H,27,28,31)/t18-/m0/s1. The molecule has 0 saturated heterocycles. The first kappa shape index (κ1) is 21.9. The van der Waals surface area contributed by atoms with Crippen LogP contribution < -0.4 is 22.6 Å². The number of nitrogens with zero attached hydrogens (tertiary/aromatic N) is 5. The molecule has 0 aliphatic rings. The minimum atomic E-state index is -4.63. The second-order valence-corrected chi connectivity index (χ2v) is 6.83. The lowest BCUT2D eigenvalue weighted by molar-refractivity contribution is -0.184. The Morgan fingerprint density at radius 3 is 2.52 bits per heavy atom. The summed E-state index contributed by atoms with van der Waals surface area (Å²) >= 11 is 0. The van der Waals surface area contributed by atoms with Crippen LogP contribution in [0, 0.1) is 0 Å². The highest BCUT2D eigenvalue weighted by Gasteiger charge is 2.49. The third-order valence-electron chi connectivity index (χ3n) is 4.65. The summed E-state index contributed by atoms with van der Waals surface area (Å²) in [5.74, 6) is 5.91. The molecular weight excluding hydrogens is 411 g/mol. The number of nitrogens with one attached hydrogen (secondary N) is 1. The third-order valence-corrected chi connectivity index (χ3v) is 4.65. The van der Waals surface area contributed by atoms with Gasteiger partial charge in [0, 0.05) is 24.8 Å². The second kappa shape index (κ2) is 8.14. The van der Waals surface area contributed by atoms with Crippen LogP contribution in [-0.4, -0.2) is 40.1 Å². The molecule has 0 aliphatic carbocycles. The predicted octanol–water partition coefficient (Wildman–Crippen LogP) is 2.45. The maximum absolute atomic E-state index is 13.3. The van der Waals surface area contributed by atoms with E-state index >= 15 is 0 Å². The Morgan fingerprint density at radius 2 is 1.87 bits per heavy atom. The highest BCUT2D eigenvalue weighted by atomic mass is 19.4. The molecule has 1 atom stereocenters. The van der Waals surface area contributed by atoms with Gasteiger partial charge in [0.1, 0.15) is 28.7 Å². The monoisotopic (exact) mass is 431 g/mol. The molecule has 3 rings (SSSR count). The van der Waals surface area contributed by atoms with E-state index in [1.54, 1.807) is 19.2 Å². The van der Waals surface area contributed by atoms with Crippen molar-refractivity contribution in [1.29, 1.82) is 0 Å². The lowest BCUT2D eigenvalue weighted by Crippen LogP contribution is -2.47. The topological polar surface area (TPSA) is 153 Å². The summed E-state index contributed by atoms with van der Waals surface area (Å²) in [4.78, 5) is 16.6. The Balaban J connectivity index is 1.99. The average molecular weight is 431 g/mol. The molecule has 0 spiro atoms. The molecule has 3 heterocycles. The number of pyridine rings is 3. The first-order valence-corrected chi connectivity index (χ1v) is 8.92. The molecular formula is C19H20F3N9. The number of fused-ring (bicyclic) bond motifs is 1. The second-order valence-electron chi connectivity index (χ2n) is 6.83. The van der Waals surface area contributed by atoms with Gasteiger partial charge in [0.05, 0.1) is 11.9 Å². The molecule has 3 aromatic heterocycles. The largest absolute Gasteiger partial charge is 0.410 e. The van der Waals surface area contributed by atoms with Crippen molar-refractivity contribution < 1.29 is 13.2 Å². The van der Waals surface area contributed by atoms with E-state index in [0.29, 0.717) is 28.0 Å². The number of aromatic nitrogens is 3. The van der Waals surface area contributed by atoms with E-state index in [1.807, 2.05) is 0 Å². The number of rotatable bonds is 5. The van der Waals surface area contributed by atoms with Crippen LogP contribution in [0.4, 0.5) is 30.6 Å². The molecule has 3 aromatic rings. The lowest BCUT2D eigenvalue weighted by Gasteiger charge is -2.28. The van der Waals surface area contributed by atoms with E-state index in [-0.39, 0.29) is 17.2 Å². The summed E-state index contributed by atoms with van der Waals surface area (Å²) in [6.07, 6.45) is -0.547. The number of aliphatic imine (C=N–C) groups is 1. The fourth-order valence-electron chi connectivity index (χ4n) is 2.80. The zero-order valence-corrected chi connectivity index (χ0v) is 16.6. The van der Waals surface area contributed by atoms with E-state index in [4.69, 9.17) is 17.3 Å². The molecule has 0 amide bonds. The van der Waals surface area contributed by atoms with Gasteiger partial charge in [0.2, 0.25) is 0 Å². The van der Waals surface area contributed by atoms with Crippen molar-refractivity contribution in [2.75, 3.05) is 18.1 Å². The maximum Gasteiger partial charge on any atom is 0.410 e. The van der Waals surface area contributed by atoms with Gasteiger partial charge >= 0.3 is 6.18 Å². The van der Waals surface area contributed by atoms with E-state index in [1.165, 1.54) is 30.7 Å². The third kappa shape index (κ3) is 4.38. The quantitative estimate of drug-likeness (QED) is 0.275. The van der Waals surface area contributed by atoms with Gasteiger partial charge in [-0.2, -0.15) is 18.3 Å². The van der Waals surface area contributed by atoms with Crippen LogP contribution in [0.15, 0.2) is 46.8 Å². The van der Waals surface area contributed by atoms with Crippen molar-refractivity contribution in [1.82, 2.24) is 15.0 Å². The van der Waals surface area contributed by atoms with Crippen LogP contribution >= 0.6 is 0 Å². The molecule has 162 valence electrons. The van der Waals surface area contributed by atoms with Crippen molar-refractivity contribution in [3.63, 3.8) is 0 Å². The molecule has 31 heavy (non-hydrogen) atoms. The van der Waals surface area contributed by atoms with Gasteiger partial charge in [0.15, 0.2) is 0 Å². The van der Waals surface area contributed by atoms with Gasteiger partial charge in [-0.15, -0.1) is 0 Å². The molecule has 0 fully saturated rings. The molecule has 0 unspecified atom stereocenters. The Bertz CT molecular complexity index is 1170. The first-order chi connectivity index (χ1) is 14.6. The molecule has 0 aromatic carbocycles. The fourth-order valence-corrected chi connectivity index (χ4v) is 2.80. The van der Waals surface area contributed by atoms with Crippen LogP contribution in [0.25, 0.3) is 10.8 Å². The Kier molecular flexibility index (Phi) is 5.75.